The molecule has 6 nitrogen and oxygen atoms in total. The molecule has 0 unspecified atom stereocenters. The van der Waals surface area contributed by atoms with Crippen LogP contribution in [0.25, 0.3) is 0 Å². The van der Waals surface area contributed by atoms with Crippen molar-refractivity contribution in [1.82, 2.24) is 10.3 Å². The zero-order valence-electron chi connectivity index (χ0n) is 9.95. The topological polar surface area (TPSA) is 85.1 Å². The van der Waals surface area contributed by atoms with E-state index in [1.807, 2.05) is 30.3 Å². The molecule has 2 rings (SSSR count). The number of hydrogen-bond donors (Lipinski definition) is 1. The number of carbonyl (C=O) groups excluding carboxylic acids is 1. The number of nitro groups is 1. The normalized spacial score (nSPS) is 9.89. The summed E-state index contributed by atoms with van der Waals surface area (Å²) in [6, 6.07) is 12.0. The zero-order valence-corrected chi connectivity index (χ0v) is 9.95. The minimum Gasteiger partial charge on any atom is -0.346 e. The van der Waals surface area contributed by atoms with E-state index in [-0.39, 0.29) is 11.4 Å². The van der Waals surface area contributed by atoms with Crippen molar-refractivity contribution < 1.29 is 9.72 Å². The van der Waals surface area contributed by atoms with Gasteiger partial charge in [0.15, 0.2) is 0 Å². The van der Waals surface area contributed by atoms with E-state index in [0.717, 1.165) is 5.56 Å². The summed E-state index contributed by atoms with van der Waals surface area (Å²) in [6.45, 7) is 0.299. The van der Waals surface area contributed by atoms with Crippen LogP contribution in [0.2, 0.25) is 0 Å². The van der Waals surface area contributed by atoms with E-state index in [1.54, 1.807) is 0 Å². The number of benzene rings is 1. The van der Waals surface area contributed by atoms with Gasteiger partial charge in [-0.05, 0) is 11.6 Å². The SMILES string of the molecule is O=C(NCc1ccccc1)c1ncccc1[N+](=O)[O-]. The lowest BCUT2D eigenvalue weighted by Crippen LogP contribution is -2.24. The van der Waals surface area contributed by atoms with Crippen molar-refractivity contribution in [1.29, 1.82) is 0 Å². The molecule has 1 N–H and O–H groups in total. The molecule has 0 saturated heterocycles. The summed E-state index contributed by atoms with van der Waals surface area (Å²) in [5.41, 5.74) is 0.436. The summed E-state index contributed by atoms with van der Waals surface area (Å²) in [5, 5.41) is 13.4. The second kappa shape index (κ2) is 5.72. The van der Waals surface area contributed by atoms with Crippen molar-refractivity contribution in [3.8, 4) is 0 Å². The van der Waals surface area contributed by atoms with Crippen LogP contribution >= 0.6 is 0 Å². The van der Waals surface area contributed by atoms with Crippen molar-refractivity contribution in [3.63, 3.8) is 0 Å². The summed E-state index contributed by atoms with van der Waals surface area (Å²) < 4.78 is 0. The standard InChI is InChI=1S/C13H11N3O3/c17-13(15-9-10-5-2-1-3-6-10)12-11(16(18)19)7-4-8-14-12/h1-8H,9H2,(H,15,17). The summed E-state index contributed by atoms with van der Waals surface area (Å²) in [4.78, 5) is 25.8. The molecule has 1 aromatic heterocycles. The van der Waals surface area contributed by atoms with Crippen molar-refractivity contribution in [2.45, 2.75) is 6.54 Å². The van der Waals surface area contributed by atoms with E-state index >= 15 is 0 Å². The summed E-state index contributed by atoms with van der Waals surface area (Å²) in [5.74, 6) is -0.559. The van der Waals surface area contributed by atoms with Crippen LogP contribution < -0.4 is 5.32 Å². The van der Waals surface area contributed by atoms with Gasteiger partial charge in [-0.1, -0.05) is 30.3 Å². The van der Waals surface area contributed by atoms with Crippen LogP contribution in [0.3, 0.4) is 0 Å². The number of amides is 1. The van der Waals surface area contributed by atoms with E-state index in [9.17, 15) is 14.9 Å². The highest BCUT2D eigenvalue weighted by atomic mass is 16.6. The third kappa shape index (κ3) is 3.12. The number of rotatable bonds is 4. The molecule has 2 aromatic rings. The maximum Gasteiger partial charge on any atom is 0.300 e. The van der Waals surface area contributed by atoms with Crippen LogP contribution in [0.5, 0.6) is 0 Å². The van der Waals surface area contributed by atoms with Crippen LogP contribution in [0, 0.1) is 10.1 Å². The van der Waals surface area contributed by atoms with Gasteiger partial charge in [0.1, 0.15) is 0 Å². The Kier molecular flexibility index (Phi) is 3.82. The van der Waals surface area contributed by atoms with Gasteiger partial charge in [-0.3, -0.25) is 14.9 Å². The lowest BCUT2D eigenvalue weighted by Gasteiger charge is -2.04. The van der Waals surface area contributed by atoms with Crippen LogP contribution in [-0.2, 0) is 6.54 Å². The average molecular weight is 257 g/mol. The summed E-state index contributed by atoms with van der Waals surface area (Å²) in [6.07, 6.45) is 1.35. The summed E-state index contributed by atoms with van der Waals surface area (Å²) in [7, 11) is 0. The molecule has 1 heterocycles. The minimum atomic E-state index is -0.621. The second-order valence-corrected chi connectivity index (χ2v) is 3.80. The lowest BCUT2D eigenvalue weighted by atomic mass is 10.2. The van der Waals surface area contributed by atoms with Crippen molar-refractivity contribution in [2.24, 2.45) is 0 Å². The summed E-state index contributed by atoms with van der Waals surface area (Å²) >= 11 is 0. The van der Waals surface area contributed by atoms with Crippen molar-refractivity contribution >= 4 is 11.6 Å². The number of carbonyl (C=O) groups is 1. The van der Waals surface area contributed by atoms with Crippen LogP contribution in [0.1, 0.15) is 16.1 Å². The number of nitrogens with one attached hydrogen (secondary N) is 1. The van der Waals surface area contributed by atoms with Gasteiger partial charge in [-0.2, -0.15) is 0 Å². The molecule has 0 bridgehead atoms. The molecule has 0 aliphatic carbocycles. The van der Waals surface area contributed by atoms with Crippen molar-refractivity contribution in [3.05, 3.63) is 70.0 Å². The molecule has 0 fully saturated rings. The number of pyridine rings is 1. The van der Waals surface area contributed by atoms with E-state index < -0.39 is 10.8 Å². The Morgan fingerprint density at radius 3 is 2.63 bits per heavy atom. The first-order valence-electron chi connectivity index (χ1n) is 5.60. The predicted molar refractivity (Wildman–Crippen MR) is 68.5 cm³/mol. The molecule has 0 aliphatic rings. The predicted octanol–water partition coefficient (Wildman–Crippen LogP) is 1.92. The van der Waals surface area contributed by atoms with E-state index in [2.05, 4.69) is 10.3 Å². The Morgan fingerprint density at radius 2 is 1.95 bits per heavy atom. The molecule has 1 amide bonds. The van der Waals surface area contributed by atoms with Crippen LogP contribution in [0.15, 0.2) is 48.7 Å². The largest absolute Gasteiger partial charge is 0.346 e. The van der Waals surface area contributed by atoms with E-state index in [0.29, 0.717) is 6.54 Å². The molecule has 0 spiro atoms. The van der Waals surface area contributed by atoms with Gasteiger partial charge >= 0.3 is 5.69 Å². The van der Waals surface area contributed by atoms with Gasteiger partial charge in [-0.25, -0.2) is 4.98 Å². The maximum atomic E-state index is 11.9. The molecule has 19 heavy (non-hydrogen) atoms. The molecular weight excluding hydrogens is 246 g/mol. The molecule has 1 aromatic carbocycles. The third-order valence-corrected chi connectivity index (χ3v) is 2.49. The minimum absolute atomic E-state index is 0.177. The monoisotopic (exact) mass is 257 g/mol. The Labute approximate surface area is 109 Å². The fraction of sp³-hybridized carbons (Fsp3) is 0.0769. The van der Waals surface area contributed by atoms with Gasteiger partial charge < -0.3 is 5.32 Å². The highest BCUT2D eigenvalue weighted by Gasteiger charge is 2.20. The van der Waals surface area contributed by atoms with E-state index in [1.165, 1.54) is 18.3 Å². The Bertz CT molecular complexity index is 599. The van der Waals surface area contributed by atoms with Crippen LogP contribution in [0.4, 0.5) is 5.69 Å². The molecule has 0 aliphatic heterocycles. The Balaban J connectivity index is 2.10. The Morgan fingerprint density at radius 1 is 1.21 bits per heavy atom. The fourth-order valence-corrected chi connectivity index (χ4v) is 1.58. The molecule has 0 atom stereocenters. The van der Waals surface area contributed by atoms with Crippen LogP contribution in [-0.4, -0.2) is 15.8 Å². The Hall–Kier alpha value is -2.76. The van der Waals surface area contributed by atoms with Gasteiger partial charge in [0.25, 0.3) is 5.91 Å². The van der Waals surface area contributed by atoms with E-state index in [4.69, 9.17) is 0 Å². The number of nitrogens with zero attached hydrogens (tertiary/aromatic N) is 2. The molecule has 6 heteroatoms. The van der Waals surface area contributed by atoms with Crippen molar-refractivity contribution in [2.75, 3.05) is 0 Å². The first kappa shape index (κ1) is 12.7. The first-order valence-corrected chi connectivity index (χ1v) is 5.60. The maximum absolute atomic E-state index is 11.9. The van der Waals surface area contributed by atoms with Gasteiger partial charge in [0.2, 0.25) is 5.69 Å². The third-order valence-electron chi connectivity index (χ3n) is 2.49. The average Bonchev–Trinajstić information content (AvgIpc) is 2.46. The molecule has 0 radical (unpaired) electrons. The molecule has 96 valence electrons. The smallest absolute Gasteiger partial charge is 0.300 e. The first-order chi connectivity index (χ1) is 9.18. The number of hydrogen-bond acceptors (Lipinski definition) is 4. The second-order valence-electron chi connectivity index (χ2n) is 3.80. The van der Waals surface area contributed by atoms with Gasteiger partial charge in [-0.15, -0.1) is 0 Å². The highest BCUT2D eigenvalue weighted by molar-refractivity contribution is 5.95. The highest BCUT2D eigenvalue weighted by Crippen LogP contribution is 2.14. The van der Waals surface area contributed by atoms with Gasteiger partial charge in [0.05, 0.1) is 4.92 Å². The lowest BCUT2D eigenvalue weighted by molar-refractivity contribution is -0.385. The molecular formula is C13H11N3O3. The van der Waals surface area contributed by atoms with Gasteiger partial charge in [0, 0.05) is 18.8 Å². The quantitative estimate of drug-likeness (QED) is 0.669. The number of aromatic nitrogens is 1. The zero-order chi connectivity index (χ0) is 13.7. The fourth-order valence-electron chi connectivity index (χ4n) is 1.58. The molecule has 0 saturated carbocycles.